The molecule has 1 aromatic rings. The summed E-state index contributed by atoms with van der Waals surface area (Å²) in [5.74, 6) is -2.01. The van der Waals surface area contributed by atoms with Gasteiger partial charge in [-0.2, -0.15) is 0 Å². The van der Waals surface area contributed by atoms with Crippen LogP contribution < -0.4 is 5.32 Å². The van der Waals surface area contributed by atoms with E-state index >= 15 is 0 Å². The lowest BCUT2D eigenvalue weighted by Gasteiger charge is -2.27. The topological polar surface area (TPSA) is 55.4 Å². The Labute approximate surface area is 132 Å². The molecule has 0 radical (unpaired) electrons. The van der Waals surface area contributed by atoms with Crippen molar-refractivity contribution in [2.45, 2.75) is 32.2 Å². The molecule has 0 aromatic heterocycles. The Kier molecular flexibility index (Phi) is 5.98. The molecule has 1 amide bonds. The number of hydrogen-bond donors (Lipinski definition) is 1. The molecule has 0 bridgehead atoms. The molecule has 1 unspecified atom stereocenters. The number of carbonyl (C=O) groups excluding carboxylic acids is 2. The average Bonchev–Trinajstić information content (AvgIpc) is 2.41. The Bertz CT molecular complexity index is 565. The van der Waals surface area contributed by atoms with Crippen LogP contribution in [0.3, 0.4) is 0 Å². The fraction of sp³-hybridized carbons (Fsp3) is 0.429. The van der Waals surface area contributed by atoms with E-state index in [2.05, 4.69) is 5.32 Å². The monoisotopic (exact) mass is 335 g/mol. The van der Waals surface area contributed by atoms with E-state index in [0.29, 0.717) is 12.8 Å². The number of carbonyl (C=O) groups is 2. The third-order valence-electron chi connectivity index (χ3n) is 3.03. The first-order valence-corrected chi connectivity index (χ1v) is 7.06. The largest absolute Gasteiger partial charge is 0.467 e. The van der Waals surface area contributed by atoms with Crippen LogP contribution in [0.15, 0.2) is 12.1 Å². The van der Waals surface area contributed by atoms with E-state index in [1.165, 1.54) is 7.11 Å². The molecule has 0 saturated carbocycles. The number of rotatable bonds is 5. The lowest BCUT2D eigenvalue weighted by atomic mass is 9.95. The van der Waals surface area contributed by atoms with Gasteiger partial charge in [0, 0.05) is 0 Å². The van der Waals surface area contributed by atoms with Crippen LogP contribution in [0, 0.1) is 5.82 Å². The smallest absolute Gasteiger partial charge is 0.331 e. The summed E-state index contributed by atoms with van der Waals surface area (Å²) >= 11 is 11.5. The van der Waals surface area contributed by atoms with Crippen molar-refractivity contribution < 1.29 is 18.7 Å². The maximum atomic E-state index is 13.5. The van der Waals surface area contributed by atoms with Gasteiger partial charge >= 0.3 is 5.97 Å². The maximum absolute atomic E-state index is 13.5. The molecule has 0 saturated heterocycles. The maximum Gasteiger partial charge on any atom is 0.331 e. The summed E-state index contributed by atoms with van der Waals surface area (Å²) in [6, 6.07) is 2.08. The Balaban J connectivity index is 3.08. The SMILES string of the molecule is CCCC(C)(NC(=O)c1cc(F)c(Cl)cc1Cl)C(=O)OC. The third kappa shape index (κ3) is 4.08. The Hall–Kier alpha value is -1.33. The van der Waals surface area contributed by atoms with Crippen LogP contribution in [0.5, 0.6) is 0 Å². The van der Waals surface area contributed by atoms with Gasteiger partial charge in [-0.15, -0.1) is 0 Å². The fourth-order valence-electron chi connectivity index (χ4n) is 1.96. The second-order valence-corrected chi connectivity index (χ2v) is 5.59. The van der Waals surface area contributed by atoms with E-state index < -0.39 is 23.2 Å². The number of amides is 1. The van der Waals surface area contributed by atoms with Crippen molar-refractivity contribution >= 4 is 35.1 Å². The molecule has 1 atom stereocenters. The van der Waals surface area contributed by atoms with Crippen molar-refractivity contribution in [2.75, 3.05) is 7.11 Å². The van der Waals surface area contributed by atoms with Gasteiger partial charge < -0.3 is 10.1 Å². The van der Waals surface area contributed by atoms with Gasteiger partial charge in [0.05, 0.1) is 22.7 Å². The summed E-state index contributed by atoms with van der Waals surface area (Å²) in [5.41, 5.74) is -1.30. The normalized spacial score (nSPS) is 13.4. The molecule has 0 aliphatic carbocycles. The molecule has 21 heavy (non-hydrogen) atoms. The third-order valence-corrected chi connectivity index (χ3v) is 3.63. The highest BCUT2D eigenvalue weighted by molar-refractivity contribution is 6.36. The van der Waals surface area contributed by atoms with E-state index in [1.54, 1.807) is 6.92 Å². The molecule has 0 aliphatic rings. The number of methoxy groups -OCH3 is 1. The molecular formula is C14H16Cl2FNO3. The summed E-state index contributed by atoms with van der Waals surface area (Å²) in [5, 5.41) is 2.36. The molecule has 0 fully saturated rings. The summed E-state index contributed by atoms with van der Waals surface area (Å²) < 4.78 is 18.2. The van der Waals surface area contributed by atoms with Crippen molar-refractivity contribution in [3.05, 3.63) is 33.6 Å². The minimum atomic E-state index is -1.21. The zero-order valence-corrected chi connectivity index (χ0v) is 13.4. The summed E-state index contributed by atoms with van der Waals surface area (Å²) in [6.07, 6.45) is 1.02. The van der Waals surface area contributed by atoms with Gasteiger partial charge in [-0.3, -0.25) is 4.79 Å². The Morgan fingerprint density at radius 1 is 1.33 bits per heavy atom. The van der Waals surface area contributed by atoms with Gasteiger partial charge in [0.2, 0.25) is 0 Å². The van der Waals surface area contributed by atoms with Gasteiger partial charge in [-0.05, 0) is 25.5 Å². The van der Waals surface area contributed by atoms with E-state index in [-0.39, 0.29) is 15.6 Å². The molecule has 4 nitrogen and oxygen atoms in total. The van der Waals surface area contributed by atoms with Crippen LogP contribution in [0.4, 0.5) is 4.39 Å². The van der Waals surface area contributed by atoms with E-state index in [1.807, 2.05) is 6.92 Å². The van der Waals surface area contributed by atoms with Crippen molar-refractivity contribution in [3.63, 3.8) is 0 Å². The highest BCUT2D eigenvalue weighted by Crippen LogP contribution is 2.25. The number of hydrogen-bond acceptors (Lipinski definition) is 3. The van der Waals surface area contributed by atoms with Crippen LogP contribution in [0.2, 0.25) is 10.0 Å². The highest BCUT2D eigenvalue weighted by Gasteiger charge is 2.35. The van der Waals surface area contributed by atoms with Crippen molar-refractivity contribution in [3.8, 4) is 0 Å². The second-order valence-electron chi connectivity index (χ2n) is 4.77. The van der Waals surface area contributed by atoms with Gasteiger partial charge in [-0.25, -0.2) is 9.18 Å². The number of benzene rings is 1. The predicted molar refractivity (Wildman–Crippen MR) is 79.2 cm³/mol. The lowest BCUT2D eigenvalue weighted by Crippen LogP contribution is -2.52. The first kappa shape index (κ1) is 17.7. The van der Waals surface area contributed by atoms with E-state index in [4.69, 9.17) is 27.9 Å². The summed E-state index contributed by atoms with van der Waals surface area (Å²) in [4.78, 5) is 24.1. The van der Waals surface area contributed by atoms with E-state index in [0.717, 1.165) is 12.1 Å². The number of halogens is 3. The fourth-order valence-corrected chi connectivity index (χ4v) is 2.42. The molecule has 116 valence electrons. The first-order valence-electron chi connectivity index (χ1n) is 6.30. The lowest BCUT2D eigenvalue weighted by molar-refractivity contribution is -0.147. The quantitative estimate of drug-likeness (QED) is 0.660. The predicted octanol–water partition coefficient (Wildman–Crippen LogP) is 3.59. The molecule has 1 N–H and O–H groups in total. The minimum Gasteiger partial charge on any atom is -0.467 e. The Morgan fingerprint density at radius 2 is 1.95 bits per heavy atom. The number of nitrogens with one attached hydrogen (secondary N) is 1. The zero-order chi connectivity index (χ0) is 16.2. The average molecular weight is 336 g/mol. The van der Waals surface area contributed by atoms with Crippen LogP contribution in [0.1, 0.15) is 37.0 Å². The van der Waals surface area contributed by atoms with Crippen LogP contribution in [0.25, 0.3) is 0 Å². The van der Waals surface area contributed by atoms with Crippen LogP contribution >= 0.6 is 23.2 Å². The molecule has 0 spiro atoms. The summed E-state index contributed by atoms with van der Waals surface area (Å²) in [7, 11) is 1.23. The highest BCUT2D eigenvalue weighted by atomic mass is 35.5. The second kappa shape index (κ2) is 7.09. The number of esters is 1. The van der Waals surface area contributed by atoms with Gasteiger partial charge in [0.1, 0.15) is 11.4 Å². The minimum absolute atomic E-state index is 0.00242. The molecule has 1 aromatic carbocycles. The molecule has 0 heterocycles. The molecule has 7 heteroatoms. The van der Waals surface area contributed by atoms with Crippen molar-refractivity contribution in [1.82, 2.24) is 5.32 Å². The first-order chi connectivity index (χ1) is 9.75. The van der Waals surface area contributed by atoms with Crippen molar-refractivity contribution in [1.29, 1.82) is 0 Å². The standard InChI is InChI=1S/C14H16Cl2FNO3/c1-4-5-14(2,13(20)21-3)18-12(19)8-6-11(17)10(16)7-9(8)15/h6-7H,4-5H2,1-3H3,(H,18,19). The molecule has 0 aliphatic heterocycles. The zero-order valence-electron chi connectivity index (χ0n) is 11.9. The van der Waals surface area contributed by atoms with Gasteiger partial charge in [0.25, 0.3) is 5.91 Å². The van der Waals surface area contributed by atoms with Crippen LogP contribution in [-0.4, -0.2) is 24.5 Å². The van der Waals surface area contributed by atoms with Gasteiger partial charge in [0.15, 0.2) is 0 Å². The van der Waals surface area contributed by atoms with Crippen LogP contribution in [-0.2, 0) is 9.53 Å². The molecule has 1 rings (SSSR count). The van der Waals surface area contributed by atoms with Crippen molar-refractivity contribution in [2.24, 2.45) is 0 Å². The molecular weight excluding hydrogens is 320 g/mol. The van der Waals surface area contributed by atoms with E-state index in [9.17, 15) is 14.0 Å². The Morgan fingerprint density at radius 3 is 2.48 bits per heavy atom. The number of ether oxygens (including phenoxy) is 1. The summed E-state index contributed by atoms with van der Waals surface area (Å²) in [6.45, 7) is 3.41. The van der Waals surface area contributed by atoms with Gasteiger partial charge in [-0.1, -0.05) is 36.5 Å².